The minimum atomic E-state index is -0.132. The highest BCUT2D eigenvalue weighted by Crippen LogP contribution is 2.35. The van der Waals surface area contributed by atoms with Crippen molar-refractivity contribution in [1.29, 1.82) is 0 Å². The van der Waals surface area contributed by atoms with Gasteiger partial charge in [-0.2, -0.15) is 15.0 Å². The van der Waals surface area contributed by atoms with Crippen molar-refractivity contribution >= 4 is 11.9 Å². The number of ether oxygens (including phenoxy) is 1. The van der Waals surface area contributed by atoms with Crippen molar-refractivity contribution < 1.29 is 4.74 Å². The van der Waals surface area contributed by atoms with Crippen LogP contribution in [-0.2, 0) is 10.2 Å². The van der Waals surface area contributed by atoms with Crippen molar-refractivity contribution in [2.75, 3.05) is 55.7 Å². The summed E-state index contributed by atoms with van der Waals surface area (Å²) in [5.41, 5.74) is 0.377. The van der Waals surface area contributed by atoms with E-state index in [1.54, 1.807) is 0 Å². The summed E-state index contributed by atoms with van der Waals surface area (Å²) in [5.74, 6) is 2.53. The van der Waals surface area contributed by atoms with Gasteiger partial charge < -0.3 is 19.9 Å². The molecular weight excluding hydrogens is 522 g/mol. The number of anilines is 2. The molecule has 2 fully saturated rings. The first kappa shape index (κ1) is 35.0. The number of unbranched alkanes of at least 4 members (excludes halogenated alkanes) is 4. The molecule has 2 aliphatic rings. The molecule has 42 heavy (non-hydrogen) atoms. The second kappa shape index (κ2) is 14.5. The molecule has 8 heteroatoms. The Morgan fingerprint density at radius 1 is 0.810 bits per heavy atom. The van der Waals surface area contributed by atoms with E-state index in [0.29, 0.717) is 6.04 Å². The van der Waals surface area contributed by atoms with Crippen LogP contribution in [0.3, 0.4) is 0 Å². The van der Waals surface area contributed by atoms with Crippen LogP contribution in [0.1, 0.15) is 133 Å². The van der Waals surface area contributed by atoms with Crippen molar-refractivity contribution in [1.82, 2.24) is 25.2 Å². The summed E-state index contributed by atoms with van der Waals surface area (Å²) >= 11 is 0. The first-order valence-electron chi connectivity index (χ1n) is 16.9. The van der Waals surface area contributed by atoms with Crippen LogP contribution in [0.2, 0.25) is 0 Å². The van der Waals surface area contributed by atoms with Gasteiger partial charge in [0.15, 0.2) is 0 Å². The number of rotatable bonds is 13. The molecule has 0 atom stereocenters. The molecule has 0 spiro atoms. The van der Waals surface area contributed by atoms with Crippen LogP contribution in [0.25, 0.3) is 0 Å². The van der Waals surface area contributed by atoms with Crippen LogP contribution in [0.4, 0.5) is 11.9 Å². The molecule has 1 aromatic rings. The Balaban J connectivity index is 1.62. The summed E-state index contributed by atoms with van der Waals surface area (Å²) < 4.78 is 5.59. The van der Waals surface area contributed by atoms with E-state index >= 15 is 0 Å². The molecule has 3 heterocycles. The lowest BCUT2D eigenvalue weighted by atomic mass is 9.78. The molecule has 1 aromatic heterocycles. The fourth-order valence-corrected chi connectivity index (χ4v) is 6.89. The maximum absolute atomic E-state index is 5.59. The number of nitrogens with zero attached hydrogens (tertiary/aromatic N) is 6. The molecule has 2 saturated heterocycles. The zero-order valence-electron chi connectivity index (χ0n) is 29.3. The molecule has 3 rings (SSSR count). The van der Waals surface area contributed by atoms with Gasteiger partial charge in [0.1, 0.15) is 5.82 Å². The third-order valence-corrected chi connectivity index (χ3v) is 8.69. The molecule has 0 saturated carbocycles. The van der Waals surface area contributed by atoms with Crippen LogP contribution < -0.4 is 15.1 Å². The number of hydrogen-bond donors (Lipinski definition) is 1. The van der Waals surface area contributed by atoms with Gasteiger partial charge >= 0.3 is 0 Å². The van der Waals surface area contributed by atoms with E-state index in [0.717, 1.165) is 76.4 Å². The minimum absolute atomic E-state index is 0.132. The number of piperidine rings is 1. The molecule has 2 aliphatic heterocycles. The second-order valence-corrected chi connectivity index (χ2v) is 16.2. The smallest absolute Gasteiger partial charge is 0.230 e. The summed E-state index contributed by atoms with van der Waals surface area (Å²) in [7, 11) is 0. The fourth-order valence-electron chi connectivity index (χ4n) is 6.89. The Hall–Kier alpha value is -1.51. The Kier molecular flexibility index (Phi) is 12.1. The molecule has 0 aromatic carbocycles. The zero-order valence-corrected chi connectivity index (χ0v) is 29.3. The third kappa shape index (κ3) is 10.6. The van der Waals surface area contributed by atoms with E-state index in [4.69, 9.17) is 19.7 Å². The Labute approximate surface area is 258 Å². The average Bonchev–Trinajstić information content (AvgIpc) is 2.87. The normalized spacial score (nSPS) is 19.9. The summed E-state index contributed by atoms with van der Waals surface area (Å²) in [6.07, 6.45) is 9.62. The summed E-state index contributed by atoms with van der Waals surface area (Å²) in [4.78, 5) is 22.5. The summed E-state index contributed by atoms with van der Waals surface area (Å²) in [6, 6.07) is 0.613. The lowest BCUT2D eigenvalue weighted by molar-refractivity contribution is 0.0111. The third-order valence-electron chi connectivity index (χ3n) is 8.69. The predicted molar refractivity (Wildman–Crippen MR) is 178 cm³/mol. The van der Waals surface area contributed by atoms with Crippen molar-refractivity contribution in [2.24, 2.45) is 0 Å². The second-order valence-electron chi connectivity index (χ2n) is 16.2. The molecule has 1 N–H and O–H groups in total. The van der Waals surface area contributed by atoms with Gasteiger partial charge in [0.25, 0.3) is 0 Å². The number of nitrogens with one attached hydrogen (secondary N) is 1. The van der Waals surface area contributed by atoms with Gasteiger partial charge in [-0.25, -0.2) is 0 Å². The summed E-state index contributed by atoms with van der Waals surface area (Å²) in [6.45, 7) is 31.8. The average molecular weight is 588 g/mol. The van der Waals surface area contributed by atoms with E-state index in [9.17, 15) is 0 Å². The van der Waals surface area contributed by atoms with Crippen molar-refractivity contribution in [2.45, 2.75) is 156 Å². The highest BCUT2D eigenvalue weighted by Gasteiger charge is 2.42. The Morgan fingerprint density at radius 3 is 1.93 bits per heavy atom. The molecule has 0 aliphatic carbocycles. The van der Waals surface area contributed by atoms with Gasteiger partial charge in [-0.1, -0.05) is 47.0 Å². The number of hydrogen-bond acceptors (Lipinski definition) is 8. The molecule has 242 valence electrons. The van der Waals surface area contributed by atoms with Gasteiger partial charge in [0.05, 0.1) is 13.2 Å². The van der Waals surface area contributed by atoms with Gasteiger partial charge in [-0.05, 0) is 87.1 Å². The van der Waals surface area contributed by atoms with Crippen LogP contribution in [0, 0.1) is 0 Å². The Bertz CT molecular complexity index is 944. The fraction of sp³-hybridized carbons (Fsp3) is 0.912. The maximum Gasteiger partial charge on any atom is 0.230 e. The highest BCUT2D eigenvalue weighted by atomic mass is 16.5. The van der Waals surface area contributed by atoms with Crippen molar-refractivity contribution in [3.8, 4) is 0 Å². The number of morpholine rings is 1. The Morgan fingerprint density at radius 2 is 1.38 bits per heavy atom. The largest absolute Gasteiger partial charge is 0.378 e. The quantitative estimate of drug-likeness (QED) is 0.260. The topological polar surface area (TPSA) is 69.7 Å². The molecule has 0 bridgehead atoms. The highest BCUT2D eigenvalue weighted by molar-refractivity contribution is 5.40. The van der Waals surface area contributed by atoms with Crippen LogP contribution in [0.15, 0.2) is 0 Å². The lowest BCUT2D eigenvalue weighted by Crippen LogP contribution is -2.64. The summed E-state index contributed by atoms with van der Waals surface area (Å²) in [5, 5.41) is 3.87. The SMILES string of the molecule is CCCCN(CCCCCCN(C1CC(C)(C)NC(C)(C)C1)C(C)(C)C)c1nc(N2CCOCC2)nc(C(C)(C)C)n1. The van der Waals surface area contributed by atoms with Crippen LogP contribution >= 0.6 is 0 Å². The van der Waals surface area contributed by atoms with Gasteiger partial charge in [0.2, 0.25) is 11.9 Å². The lowest BCUT2D eigenvalue weighted by Gasteiger charge is -2.53. The van der Waals surface area contributed by atoms with E-state index in [-0.39, 0.29) is 22.0 Å². The molecule has 0 radical (unpaired) electrons. The van der Waals surface area contributed by atoms with Crippen LogP contribution in [-0.4, -0.2) is 88.4 Å². The van der Waals surface area contributed by atoms with E-state index in [1.165, 1.54) is 38.6 Å². The number of aromatic nitrogens is 3. The molecule has 8 nitrogen and oxygen atoms in total. The first-order chi connectivity index (χ1) is 19.5. The van der Waals surface area contributed by atoms with Crippen molar-refractivity contribution in [3.63, 3.8) is 0 Å². The van der Waals surface area contributed by atoms with Crippen LogP contribution in [0.5, 0.6) is 0 Å². The van der Waals surface area contributed by atoms with Gasteiger partial charge in [-0.15, -0.1) is 0 Å². The minimum Gasteiger partial charge on any atom is -0.378 e. The monoisotopic (exact) mass is 588 g/mol. The van der Waals surface area contributed by atoms with E-state index < -0.39 is 0 Å². The van der Waals surface area contributed by atoms with Crippen molar-refractivity contribution in [3.05, 3.63) is 5.82 Å². The molecular formula is C34H65N7O. The predicted octanol–water partition coefficient (Wildman–Crippen LogP) is 6.58. The molecule has 0 unspecified atom stereocenters. The standard InChI is InChI=1S/C34H65N7O/c1-12-13-18-39(29-35-28(31(2,3)4)36-30(37-29)40-21-23-42-24-22-40)19-16-14-15-17-20-41(32(5,6)7)27-25-33(8,9)38-34(10,11)26-27/h27,38H,12-26H2,1-11H3. The van der Waals surface area contributed by atoms with E-state index in [1.807, 2.05) is 0 Å². The van der Waals surface area contributed by atoms with E-state index in [2.05, 4.69) is 96.2 Å². The molecule has 0 amide bonds. The zero-order chi connectivity index (χ0) is 31.2. The van der Waals surface area contributed by atoms with Gasteiger partial charge in [0, 0.05) is 54.3 Å². The van der Waals surface area contributed by atoms with Gasteiger partial charge in [-0.3, -0.25) is 4.90 Å². The maximum atomic E-state index is 5.59. The first-order valence-corrected chi connectivity index (χ1v) is 16.9.